The van der Waals surface area contributed by atoms with Crippen molar-refractivity contribution in [2.24, 2.45) is 0 Å². The predicted molar refractivity (Wildman–Crippen MR) is 66.6 cm³/mol. The lowest BCUT2D eigenvalue weighted by Crippen LogP contribution is -2.36. The van der Waals surface area contributed by atoms with Crippen molar-refractivity contribution in [2.75, 3.05) is 13.1 Å². The maximum atomic E-state index is 10.6. The van der Waals surface area contributed by atoms with Crippen LogP contribution in [-0.2, 0) is 12.0 Å². The summed E-state index contributed by atoms with van der Waals surface area (Å²) in [7, 11) is 0. The van der Waals surface area contributed by atoms with E-state index in [2.05, 4.69) is 37.4 Å². The molecule has 16 heavy (non-hydrogen) atoms. The molecule has 0 saturated heterocycles. The van der Waals surface area contributed by atoms with E-state index in [1.165, 1.54) is 11.1 Å². The second kappa shape index (κ2) is 4.56. The molecule has 0 aliphatic heterocycles. The van der Waals surface area contributed by atoms with Crippen molar-refractivity contribution in [3.8, 4) is 0 Å². The van der Waals surface area contributed by atoms with Crippen LogP contribution in [0.25, 0.3) is 0 Å². The number of aryl methyl sites for hydroxylation is 2. The summed E-state index contributed by atoms with van der Waals surface area (Å²) in [5.74, 6) is 0. The molecule has 2 heteroatoms. The molecule has 1 aromatic carbocycles. The zero-order chi connectivity index (χ0) is 11.6. The van der Waals surface area contributed by atoms with Crippen molar-refractivity contribution < 1.29 is 5.11 Å². The SMILES string of the molecule is CCCNCC1(O)CCc2ccc(C)cc21. The Kier molecular flexibility index (Phi) is 3.31. The minimum Gasteiger partial charge on any atom is -0.384 e. The number of aliphatic hydroxyl groups is 1. The van der Waals surface area contributed by atoms with Crippen LogP contribution < -0.4 is 5.32 Å². The van der Waals surface area contributed by atoms with E-state index in [1.54, 1.807) is 0 Å². The van der Waals surface area contributed by atoms with Crippen molar-refractivity contribution in [2.45, 2.75) is 38.7 Å². The minimum absolute atomic E-state index is 0.642. The number of hydrogen-bond donors (Lipinski definition) is 2. The molecule has 1 atom stereocenters. The van der Waals surface area contributed by atoms with E-state index in [4.69, 9.17) is 0 Å². The highest BCUT2D eigenvalue weighted by molar-refractivity contribution is 5.40. The fourth-order valence-electron chi connectivity index (χ4n) is 2.47. The Bertz CT molecular complexity index is 375. The van der Waals surface area contributed by atoms with Crippen LogP contribution in [0.4, 0.5) is 0 Å². The Morgan fingerprint density at radius 1 is 1.44 bits per heavy atom. The van der Waals surface area contributed by atoms with Crippen LogP contribution in [0, 0.1) is 6.92 Å². The molecule has 0 amide bonds. The van der Waals surface area contributed by atoms with Crippen molar-refractivity contribution in [1.82, 2.24) is 5.32 Å². The molecule has 1 aliphatic rings. The molecule has 0 fully saturated rings. The van der Waals surface area contributed by atoms with E-state index in [0.29, 0.717) is 6.54 Å². The average Bonchev–Trinajstić information content (AvgIpc) is 2.58. The van der Waals surface area contributed by atoms with Crippen LogP contribution in [0.1, 0.15) is 36.5 Å². The lowest BCUT2D eigenvalue weighted by Gasteiger charge is -2.24. The second-order valence-electron chi connectivity index (χ2n) is 4.87. The number of benzene rings is 1. The van der Waals surface area contributed by atoms with Gasteiger partial charge in [-0.15, -0.1) is 0 Å². The van der Waals surface area contributed by atoms with Crippen LogP contribution >= 0.6 is 0 Å². The van der Waals surface area contributed by atoms with E-state index in [9.17, 15) is 5.11 Å². The Balaban J connectivity index is 2.17. The van der Waals surface area contributed by atoms with E-state index in [0.717, 1.165) is 31.4 Å². The summed E-state index contributed by atoms with van der Waals surface area (Å²) in [6.45, 7) is 5.88. The normalized spacial score (nSPS) is 23.4. The van der Waals surface area contributed by atoms with Crippen LogP contribution in [0.2, 0.25) is 0 Å². The molecule has 2 rings (SSSR count). The highest BCUT2D eigenvalue weighted by Crippen LogP contribution is 2.36. The third-order valence-electron chi connectivity index (χ3n) is 3.42. The molecule has 0 spiro atoms. The van der Waals surface area contributed by atoms with Crippen molar-refractivity contribution in [1.29, 1.82) is 0 Å². The number of fused-ring (bicyclic) bond motifs is 1. The summed E-state index contributed by atoms with van der Waals surface area (Å²) in [5, 5.41) is 14.0. The molecule has 1 unspecified atom stereocenters. The fraction of sp³-hybridized carbons (Fsp3) is 0.571. The van der Waals surface area contributed by atoms with Gasteiger partial charge in [0.1, 0.15) is 5.60 Å². The Morgan fingerprint density at radius 3 is 3.00 bits per heavy atom. The molecule has 0 bridgehead atoms. The zero-order valence-electron chi connectivity index (χ0n) is 10.2. The molecule has 2 nitrogen and oxygen atoms in total. The molecule has 88 valence electrons. The molecule has 2 N–H and O–H groups in total. The highest BCUT2D eigenvalue weighted by Gasteiger charge is 2.35. The average molecular weight is 219 g/mol. The summed E-state index contributed by atoms with van der Waals surface area (Å²) in [6.07, 6.45) is 2.96. The van der Waals surface area contributed by atoms with Crippen molar-refractivity contribution in [3.05, 3.63) is 34.9 Å². The Hall–Kier alpha value is -0.860. The minimum atomic E-state index is -0.642. The van der Waals surface area contributed by atoms with Gasteiger partial charge in [0.15, 0.2) is 0 Å². The molecule has 0 saturated carbocycles. The zero-order valence-corrected chi connectivity index (χ0v) is 10.2. The standard InChI is InChI=1S/C14H21NO/c1-3-8-15-10-14(16)7-6-12-5-4-11(2)9-13(12)14/h4-5,9,15-16H,3,6-8,10H2,1-2H3. The molecule has 0 aromatic heterocycles. The summed E-state index contributed by atoms with van der Waals surface area (Å²) >= 11 is 0. The van der Waals surface area contributed by atoms with Gasteiger partial charge in [0.25, 0.3) is 0 Å². The smallest absolute Gasteiger partial charge is 0.103 e. The summed E-state index contributed by atoms with van der Waals surface area (Å²) < 4.78 is 0. The first-order valence-corrected chi connectivity index (χ1v) is 6.19. The van der Waals surface area contributed by atoms with Gasteiger partial charge in [0.2, 0.25) is 0 Å². The van der Waals surface area contributed by atoms with Crippen molar-refractivity contribution >= 4 is 0 Å². The van der Waals surface area contributed by atoms with Crippen LogP contribution in [0.5, 0.6) is 0 Å². The van der Waals surface area contributed by atoms with Crippen molar-refractivity contribution in [3.63, 3.8) is 0 Å². The fourth-order valence-corrected chi connectivity index (χ4v) is 2.47. The Morgan fingerprint density at radius 2 is 2.25 bits per heavy atom. The van der Waals surface area contributed by atoms with E-state index < -0.39 is 5.60 Å². The van der Waals surface area contributed by atoms with Gasteiger partial charge in [-0.25, -0.2) is 0 Å². The molecule has 1 aromatic rings. The van der Waals surface area contributed by atoms with Gasteiger partial charge in [-0.3, -0.25) is 0 Å². The predicted octanol–water partition coefficient (Wildman–Crippen LogP) is 2.13. The molecule has 0 heterocycles. The summed E-state index contributed by atoms with van der Waals surface area (Å²) in [4.78, 5) is 0. The second-order valence-corrected chi connectivity index (χ2v) is 4.87. The largest absolute Gasteiger partial charge is 0.384 e. The number of hydrogen-bond acceptors (Lipinski definition) is 2. The lowest BCUT2D eigenvalue weighted by molar-refractivity contribution is 0.0389. The van der Waals surface area contributed by atoms with Gasteiger partial charge in [-0.05, 0) is 43.9 Å². The van der Waals surface area contributed by atoms with Crippen LogP contribution in [0.15, 0.2) is 18.2 Å². The van der Waals surface area contributed by atoms with Crippen LogP contribution in [0.3, 0.4) is 0 Å². The third-order valence-corrected chi connectivity index (χ3v) is 3.42. The van der Waals surface area contributed by atoms with Gasteiger partial charge < -0.3 is 10.4 Å². The van der Waals surface area contributed by atoms with Gasteiger partial charge >= 0.3 is 0 Å². The molecule has 1 aliphatic carbocycles. The van der Waals surface area contributed by atoms with E-state index in [-0.39, 0.29) is 0 Å². The van der Waals surface area contributed by atoms with Gasteiger partial charge in [0.05, 0.1) is 0 Å². The summed E-state index contributed by atoms with van der Waals surface area (Å²) in [6, 6.07) is 6.42. The van der Waals surface area contributed by atoms with Gasteiger partial charge in [0, 0.05) is 6.54 Å². The molecular weight excluding hydrogens is 198 g/mol. The maximum absolute atomic E-state index is 10.6. The first-order valence-electron chi connectivity index (χ1n) is 6.19. The number of rotatable bonds is 4. The first-order chi connectivity index (χ1) is 7.65. The van der Waals surface area contributed by atoms with Gasteiger partial charge in [-0.1, -0.05) is 30.7 Å². The third kappa shape index (κ3) is 2.13. The first kappa shape index (κ1) is 11.6. The van der Waals surface area contributed by atoms with Crippen LogP contribution in [-0.4, -0.2) is 18.2 Å². The van der Waals surface area contributed by atoms with E-state index >= 15 is 0 Å². The Labute approximate surface area is 97.7 Å². The monoisotopic (exact) mass is 219 g/mol. The molecule has 0 radical (unpaired) electrons. The highest BCUT2D eigenvalue weighted by atomic mass is 16.3. The summed E-state index contributed by atoms with van der Waals surface area (Å²) in [5.41, 5.74) is 3.04. The molecular formula is C14H21NO. The van der Waals surface area contributed by atoms with Gasteiger partial charge in [-0.2, -0.15) is 0 Å². The lowest BCUT2D eigenvalue weighted by atomic mass is 9.94. The topological polar surface area (TPSA) is 32.3 Å². The number of nitrogens with one attached hydrogen (secondary N) is 1. The van der Waals surface area contributed by atoms with E-state index in [1.807, 2.05) is 0 Å². The maximum Gasteiger partial charge on any atom is 0.103 e. The quantitative estimate of drug-likeness (QED) is 0.760.